The molecule has 0 saturated heterocycles. The summed E-state index contributed by atoms with van der Waals surface area (Å²) in [6, 6.07) is 16.4. The number of pyridine rings is 1. The number of ether oxygens (including phenoxy) is 2. The molecule has 2 aromatic carbocycles. The van der Waals surface area contributed by atoms with E-state index in [1.807, 2.05) is 36.4 Å². The molecule has 138 valence electrons. The van der Waals surface area contributed by atoms with Gasteiger partial charge < -0.3 is 19.8 Å². The first kappa shape index (κ1) is 18.3. The van der Waals surface area contributed by atoms with Gasteiger partial charge in [-0.2, -0.15) is 0 Å². The third-order valence-electron chi connectivity index (χ3n) is 4.17. The zero-order valence-electron chi connectivity index (χ0n) is 15.1. The highest BCUT2D eigenvalue weighted by atomic mass is 16.5. The summed E-state index contributed by atoms with van der Waals surface area (Å²) in [4.78, 5) is 27.6. The molecule has 0 aliphatic heterocycles. The van der Waals surface area contributed by atoms with E-state index in [0.29, 0.717) is 17.1 Å². The number of hydrogen-bond acceptors (Lipinski definition) is 4. The lowest BCUT2D eigenvalue weighted by Crippen LogP contribution is -2.30. The molecule has 1 heterocycles. The van der Waals surface area contributed by atoms with E-state index < -0.39 is 11.5 Å². The van der Waals surface area contributed by atoms with Crippen molar-refractivity contribution in [1.29, 1.82) is 0 Å². The minimum atomic E-state index is -0.439. The predicted molar refractivity (Wildman–Crippen MR) is 103 cm³/mol. The van der Waals surface area contributed by atoms with Crippen LogP contribution >= 0.6 is 0 Å². The average Bonchev–Trinajstić information content (AvgIpc) is 2.72. The summed E-state index contributed by atoms with van der Waals surface area (Å²) in [5.41, 5.74) is 1.88. The van der Waals surface area contributed by atoms with Gasteiger partial charge in [-0.1, -0.05) is 36.4 Å². The molecule has 0 bridgehead atoms. The van der Waals surface area contributed by atoms with Crippen LogP contribution in [0.2, 0.25) is 0 Å². The van der Waals surface area contributed by atoms with Crippen molar-refractivity contribution in [3.63, 3.8) is 0 Å². The fraction of sp³-hybridized carbons (Fsp3) is 0.143. The molecule has 6 heteroatoms. The lowest BCUT2D eigenvalue weighted by Gasteiger charge is -2.12. The SMILES string of the molecule is COc1ccc(CNC(=O)c2c(-c3ccccc3)cc[nH]c2=O)cc1OC. The number of H-pyrrole nitrogens is 1. The van der Waals surface area contributed by atoms with E-state index >= 15 is 0 Å². The van der Waals surface area contributed by atoms with Crippen LogP contribution in [-0.4, -0.2) is 25.1 Å². The van der Waals surface area contributed by atoms with Crippen LogP contribution in [0.25, 0.3) is 11.1 Å². The number of methoxy groups -OCH3 is 2. The highest BCUT2D eigenvalue weighted by Crippen LogP contribution is 2.27. The molecule has 0 saturated carbocycles. The first-order valence-corrected chi connectivity index (χ1v) is 8.40. The Kier molecular flexibility index (Phi) is 5.56. The van der Waals surface area contributed by atoms with Gasteiger partial charge in [0.05, 0.1) is 14.2 Å². The number of benzene rings is 2. The summed E-state index contributed by atoms with van der Waals surface area (Å²) in [5.74, 6) is 0.746. The predicted octanol–water partition coefficient (Wildman–Crippen LogP) is 2.99. The van der Waals surface area contributed by atoms with Gasteiger partial charge in [-0.15, -0.1) is 0 Å². The number of rotatable bonds is 6. The van der Waals surface area contributed by atoms with Crippen molar-refractivity contribution in [3.05, 3.63) is 82.3 Å². The Morgan fingerprint density at radius 1 is 1.00 bits per heavy atom. The summed E-state index contributed by atoms with van der Waals surface area (Å²) >= 11 is 0. The quantitative estimate of drug-likeness (QED) is 0.705. The molecule has 0 spiro atoms. The second-order valence-electron chi connectivity index (χ2n) is 5.83. The van der Waals surface area contributed by atoms with E-state index in [1.165, 1.54) is 6.20 Å². The molecule has 6 nitrogen and oxygen atoms in total. The van der Waals surface area contributed by atoms with Crippen molar-refractivity contribution in [2.45, 2.75) is 6.54 Å². The first-order valence-electron chi connectivity index (χ1n) is 8.40. The monoisotopic (exact) mass is 364 g/mol. The van der Waals surface area contributed by atoms with E-state index in [4.69, 9.17) is 9.47 Å². The minimum absolute atomic E-state index is 0.0872. The highest BCUT2D eigenvalue weighted by molar-refractivity contribution is 6.00. The van der Waals surface area contributed by atoms with Crippen LogP contribution in [0.1, 0.15) is 15.9 Å². The van der Waals surface area contributed by atoms with Crippen LogP contribution in [0.3, 0.4) is 0 Å². The Bertz CT molecular complexity index is 997. The molecule has 27 heavy (non-hydrogen) atoms. The Morgan fingerprint density at radius 2 is 1.74 bits per heavy atom. The van der Waals surface area contributed by atoms with Gasteiger partial charge in [-0.05, 0) is 29.3 Å². The van der Waals surface area contributed by atoms with Gasteiger partial charge in [0.15, 0.2) is 11.5 Å². The third kappa shape index (κ3) is 4.00. The normalized spacial score (nSPS) is 10.3. The average molecular weight is 364 g/mol. The van der Waals surface area contributed by atoms with E-state index in [0.717, 1.165) is 11.1 Å². The molecule has 0 aliphatic rings. The highest BCUT2D eigenvalue weighted by Gasteiger charge is 2.17. The van der Waals surface area contributed by atoms with Gasteiger partial charge >= 0.3 is 0 Å². The molecular formula is C21H20N2O4. The van der Waals surface area contributed by atoms with Gasteiger partial charge in [0.1, 0.15) is 5.56 Å². The zero-order chi connectivity index (χ0) is 19.2. The van der Waals surface area contributed by atoms with Gasteiger partial charge in [0, 0.05) is 18.3 Å². The maximum atomic E-state index is 12.7. The van der Waals surface area contributed by atoms with Crippen LogP contribution in [0.4, 0.5) is 0 Å². The number of hydrogen-bond donors (Lipinski definition) is 2. The Labute approximate surface area is 156 Å². The molecule has 0 atom stereocenters. The van der Waals surface area contributed by atoms with E-state index in [2.05, 4.69) is 10.3 Å². The van der Waals surface area contributed by atoms with Crippen molar-refractivity contribution in [1.82, 2.24) is 10.3 Å². The number of carbonyl (C=O) groups is 1. The van der Waals surface area contributed by atoms with Gasteiger partial charge in [-0.25, -0.2) is 0 Å². The second-order valence-corrected chi connectivity index (χ2v) is 5.83. The Balaban J connectivity index is 1.84. The van der Waals surface area contributed by atoms with Crippen LogP contribution in [0, 0.1) is 0 Å². The van der Waals surface area contributed by atoms with Crippen LogP contribution in [-0.2, 0) is 6.54 Å². The molecule has 2 N–H and O–H groups in total. The summed E-state index contributed by atoms with van der Waals surface area (Å²) in [6.07, 6.45) is 1.54. The smallest absolute Gasteiger partial charge is 0.261 e. The van der Waals surface area contributed by atoms with Crippen molar-refractivity contribution >= 4 is 5.91 Å². The van der Waals surface area contributed by atoms with Crippen molar-refractivity contribution in [2.24, 2.45) is 0 Å². The number of aromatic amines is 1. The molecule has 3 rings (SSSR count). The molecule has 1 amide bonds. The third-order valence-corrected chi connectivity index (χ3v) is 4.17. The fourth-order valence-electron chi connectivity index (χ4n) is 2.82. The Morgan fingerprint density at radius 3 is 2.44 bits per heavy atom. The first-order chi connectivity index (χ1) is 13.1. The van der Waals surface area contributed by atoms with Crippen molar-refractivity contribution < 1.29 is 14.3 Å². The zero-order valence-corrected chi connectivity index (χ0v) is 15.1. The summed E-state index contributed by atoms with van der Waals surface area (Å²) in [5, 5.41) is 2.80. The number of nitrogens with one attached hydrogen (secondary N) is 2. The Hall–Kier alpha value is -3.54. The molecule has 0 fully saturated rings. The van der Waals surface area contributed by atoms with Gasteiger partial charge in [0.2, 0.25) is 0 Å². The molecule has 0 aliphatic carbocycles. The molecule has 1 aromatic heterocycles. The minimum Gasteiger partial charge on any atom is -0.493 e. The van der Waals surface area contributed by atoms with Crippen molar-refractivity contribution in [3.8, 4) is 22.6 Å². The summed E-state index contributed by atoms with van der Waals surface area (Å²) in [6.45, 7) is 0.252. The molecule has 0 radical (unpaired) electrons. The van der Waals surface area contributed by atoms with E-state index in [1.54, 1.807) is 32.4 Å². The second kappa shape index (κ2) is 8.23. The summed E-state index contributed by atoms with van der Waals surface area (Å²) in [7, 11) is 3.11. The maximum absolute atomic E-state index is 12.7. The summed E-state index contributed by atoms with van der Waals surface area (Å²) < 4.78 is 10.5. The molecular weight excluding hydrogens is 344 g/mol. The molecule has 3 aromatic rings. The maximum Gasteiger partial charge on any atom is 0.261 e. The fourth-order valence-corrected chi connectivity index (χ4v) is 2.82. The standard InChI is InChI=1S/C21H20N2O4/c1-26-17-9-8-14(12-18(17)27-2)13-23-21(25)19-16(10-11-22-20(19)24)15-6-4-3-5-7-15/h3-12H,13H2,1-2H3,(H,22,24)(H,23,25). The van der Waals surface area contributed by atoms with Gasteiger partial charge in [0.25, 0.3) is 11.5 Å². The lowest BCUT2D eigenvalue weighted by molar-refractivity contribution is 0.0950. The van der Waals surface area contributed by atoms with E-state index in [-0.39, 0.29) is 12.1 Å². The van der Waals surface area contributed by atoms with Crippen molar-refractivity contribution in [2.75, 3.05) is 14.2 Å². The number of aromatic nitrogens is 1. The number of amides is 1. The molecule has 0 unspecified atom stereocenters. The van der Waals surface area contributed by atoms with Gasteiger partial charge in [-0.3, -0.25) is 9.59 Å². The van der Waals surface area contributed by atoms with E-state index in [9.17, 15) is 9.59 Å². The largest absolute Gasteiger partial charge is 0.493 e. The topological polar surface area (TPSA) is 80.4 Å². The van der Waals surface area contributed by atoms with Crippen LogP contribution in [0.15, 0.2) is 65.6 Å². The van der Waals surface area contributed by atoms with Crippen LogP contribution < -0.4 is 20.3 Å². The number of carbonyl (C=O) groups excluding carboxylic acids is 1. The van der Waals surface area contributed by atoms with Crippen LogP contribution in [0.5, 0.6) is 11.5 Å². The lowest BCUT2D eigenvalue weighted by atomic mass is 10.0.